The zero-order valence-electron chi connectivity index (χ0n) is 13.7. The van der Waals surface area contributed by atoms with E-state index in [0.29, 0.717) is 17.4 Å². The summed E-state index contributed by atoms with van der Waals surface area (Å²) in [5, 5.41) is 10.1. The van der Waals surface area contributed by atoms with Crippen LogP contribution >= 0.6 is 0 Å². The third kappa shape index (κ3) is 2.63. The number of aromatic nitrogens is 2. The molecule has 0 atom stereocenters. The molecule has 1 saturated carbocycles. The molecule has 24 heavy (non-hydrogen) atoms. The quantitative estimate of drug-likeness (QED) is 0.803. The van der Waals surface area contributed by atoms with Crippen molar-refractivity contribution < 1.29 is 5.11 Å². The Bertz CT molecular complexity index is 954. The summed E-state index contributed by atoms with van der Waals surface area (Å²) in [5.74, 6) is 0. The van der Waals surface area contributed by atoms with Crippen LogP contribution in [0, 0.1) is 12.3 Å². The maximum absolute atomic E-state index is 12.8. The molecule has 0 aliphatic heterocycles. The van der Waals surface area contributed by atoms with Gasteiger partial charge < -0.3 is 5.11 Å². The van der Waals surface area contributed by atoms with Gasteiger partial charge in [0.1, 0.15) is 0 Å². The first kappa shape index (κ1) is 15.1. The Morgan fingerprint density at radius 2 is 1.83 bits per heavy atom. The zero-order valence-corrected chi connectivity index (χ0v) is 13.7. The highest BCUT2D eigenvalue weighted by Gasteiger charge is 2.42. The second-order valence-corrected chi connectivity index (χ2v) is 6.93. The number of hydrogen-bond acceptors (Lipinski definition) is 3. The van der Waals surface area contributed by atoms with E-state index in [1.165, 1.54) is 5.56 Å². The van der Waals surface area contributed by atoms with Crippen molar-refractivity contribution in [3.63, 3.8) is 0 Å². The molecule has 1 aliphatic carbocycles. The Kier molecular flexibility index (Phi) is 3.50. The maximum Gasteiger partial charge on any atom is 0.261 e. The van der Waals surface area contributed by atoms with Crippen molar-refractivity contribution >= 4 is 10.9 Å². The number of fused-ring (bicyclic) bond motifs is 1. The van der Waals surface area contributed by atoms with Gasteiger partial charge in [0.15, 0.2) is 0 Å². The van der Waals surface area contributed by atoms with Crippen molar-refractivity contribution in [2.45, 2.75) is 26.3 Å². The Morgan fingerprint density at radius 1 is 1.12 bits per heavy atom. The van der Waals surface area contributed by atoms with Gasteiger partial charge in [-0.15, -0.1) is 0 Å². The van der Waals surface area contributed by atoms with E-state index in [2.05, 4.69) is 36.2 Å². The van der Waals surface area contributed by atoms with Crippen molar-refractivity contribution in [1.82, 2.24) is 9.55 Å². The van der Waals surface area contributed by atoms with Gasteiger partial charge in [0.25, 0.3) is 5.56 Å². The first-order chi connectivity index (χ1) is 11.6. The van der Waals surface area contributed by atoms with Crippen LogP contribution in [0.5, 0.6) is 0 Å². The molecule has 4 heteroatoms. The molecule has 122 valence electrons. The third-order valence-corrected chi connectivity index (χ3v) is 5.01. The molecule has 0 bridgehead atoms. The van der Waals surface area contributed by atoms with Crippen molar-refractivity contribution in [2.75, 3.05) is 6.61 Å². The summed E-state index contributed by atoms with van der Waals surface area (Å²) in [4.78, 5) is 17.2. The molecule has 4 rings (SSSR count). The third-order valence-electron chi connectivity index (χ3n) is 5.01. The summed E-state index contributed by atoms with van der Waals surface area (Å²) >= 11 is 0. The molecule has 1 fully saturated rings. The summed E-state index contributed by atoms with van der Waals surface area (Å²) in [6, 6.07) is 14.1. The Balaban J connectivity index is 1.78. The van der Waals surface area contributed by atoms with Crippen LogP contribution in [0.3, 0.4) is 0 Å². The summed E-state index contributed by atoms with van der Waals surface area (Å²) in [6.45, 7) is 2.72. The lowest BCUT2D eigenvalue weighted by Gasteiger charge is -2.14. The first-order valence-corrected chi connectivity index (χ1v) is 8.27. The van der Waals surface area contributed by atoms with Gasteiger partial charge in [-0.1, -0.05) is 35.9 Å². The van der Waals surface area contributed by atoms with E-state index in [1.807, 2.05) is 18.2 Å². The highest BCUT2D eigenvalue weighted by Crippen LogP contribution is 2.46. The van der Waals surface area contributed by atoms with Crippen LogP contribution in [0.1, 0.15) is 18.4 Å². The number of aliphatic hydroxyl groups is 1. The molecule has 1 heterocycles. The minimum Gasteiger partial charge on any atom is -0.396 e. The summed E-state index contributed by atoms with van der Waals surface area (Å²) in [6.07, 6.45) is 3.54. The fourth-order valence-electron chi connectivity index (χ4n) is 3.10. The average Bonchev–Trinajstić information content (AvgIpc) is 3.38. The monoisotopic (exact) mass is 320 g/mol. The van der Waals surface area contributed by atoms with E-state index < -0.39 is 0 Å². The molecular formula is C20H20N2O2. The number of aryl methyl sites for hydroxylation is 1. The Hall–Kier alpha value is -2.46. The van der Waals surface area contributed by atoms with Crippen LogP contribution in [0.2, 0.25) is 0 Å². The number of benzene rings is 2. The van der Waals surface area contributed by atoms with Crippen molar-refractivity contribution in [2.24, 2.45) is 5.41 Å². The lowest BCUT2D eigenvalue weighted by molar-refractivity contribution is 0.193. The number of nitrogens with zero attached hydrogens (tertiary/aromatic N) is 2. The van der Waals surface area contributed by atoms with Crippen molar-refractivity contribution in [3.05, 3.63) is 64.7 Å². The molecule has 0 radical (unpaired) electrons. The highest BCUT2D eigenvalue weighted by molar-refractivity contribution is 5.83. The maximum atomic E-state index is 12.8. The summed E-state index contributed by atoms with van der Waals surface area (Å²) < 4.78 is 1.64. The molecule has 0 unspecified atom stereocenters. The molecule has 1 aliphatic rings. The fourth-order valence-corrected chi connectivity index (χ4v) is 3.10. The van der Waals surface area contributed by atoms with Gasteiger partial charge in [0.05, 0.1) is 23.8 Å². The fraction of sp³-hybridized carbons (Fsp3) is 0.300. The predicted octanol–water partition coefficient (Wildman–Crippen LogP) is 3.14. The van der Waals surface area contributed by atoms with Crippen LogP contribution < -0.4 is 5.56 Å². The van der Waals surface area contributed by atoms with E-state index in [1.54, 1.807) is 10.9 Å². The van der Waals surface area contributed by atoms with Gasteiger partial charge in [-0.25, -0.2) is 4.98 Å². The first-order valence-electron chi connectivity index (χ1n) is 8.27. The second-order valence-electron chi connectivity index (χ2n) is 6.93. The van der Waals surface area contributed by atoms with E-state index in [9.17, 15) is 9.90 Å². The van der Waals surface area contributed by atoms with Gasteiger partial charge in [0.2, 0.25) is 0 Å². The average molecular weight is 320 g/mol. The highest BCUT2D eigenvalue weighted by atomic mass is 16.3. The summed E-state index contributed by atoms with van der Waals surface area (Å²) in [7, 11) is 0. The van der Waals surface area contributed by atoms with E-state index in [0.717, 1.165) is 24.0 Å². The number of aliphatic hydroxyl groups excluding tert-OH is 1. The Morgan fingerprint density at radius 3 is 2.50 bits per heavy atom. The predicted molar refractivity (Wildman–Crippen MR) is 94.9 cm³/mol. The normalized spacial score (nSPS) is 15.6. The lowest BCUT2D eigenvalue weighted by Crippen LogP contribution is -2.26. The molecule has 1 N–H and O–H groups in total. The van der Waals surface area contributed by atoms with E-state index in [4.69, 9.17) is 0 Å². The summed E-state index contributed by atoms with van der Waals surface area (Å²) in [5.41, 5.74) is 3.87. The molecule has 3 aromatic rings. The largest absolute Gasteiger partial charge is 0.396 e. The van der Waals surface area contributed by atoms with Gasteiger partial charge in [0, 0.05) is 12.0 Å². The second kappa shape index (κ2) is 5.56. The zero-order chi connectivity index (χ0) is 16.7. The standard InChI is InChI=1S/C20H20N2O2/c1-14-2-4-15(5-3-14)16-6-7-18-17(10-16)19(24)22(13-21-18)11-20(12-23)8-9-20/h2-7,10,13,23H,8-9,11-12H2,1H3. The smallest absolute Gasteiger partial charge is 0.261 e. The number of rotatable bonds is 4. The van der Waals surface area contributed by atoms with Gasteiger partial charge in [-0.05, 0) is 43.0 Å². The Labute approximate surface area is 140 Å². The molecule has 0 amide bonds. The SMILES string of the molecule is Cc1ccc(-c2ccc3ncn(CC4(CO)CC4)c(=O)c3c2)cc1. The topological polar surface area (TPSA) is 55.1 Å². The van der Waals surface area contributed by atoms with E-state index in [-0.39, 0.29) is 17.6 Å². The van der Waals surface area contributed by atoms with Gasteiger partial charge >= 0.3 is 0 Å². The van der Waals surface area contributed by atoms with Crippen LogP contribution in [-0.4, -0.2) is 21.3 Å². The van der Waals surface area contributed by atoms with Crippen LogP contribution in [0.25, 0.3) is 22.0 Å². The molecule has 4 nitrogen and oxygen atoms in total. The molecule has 1 aromatic heterocycles. The number of hydrogen-bond donors (Lipinski definition) is 1. The van der Waals surface area contributed by atoms with Crippen molar-refractivity contribution in [1.29, 1.82) is 0 Å². The molecule has 2 aromatic carbocycles. The molecule has 0 saturated heterocycles. The van der Waals surface area contributed by atoms with Crippen molar-refractivity contribution in [3.8, 4) is 11.1 Å². The van der Waals surface area contributed by atoms with Crippen LogP contribution in [-0.2, 0) is 6.54 Å². The van der Waals surface area contributed by atoms with Crippen LogP contribution in [0.15, 0.2) is 53.6 Å². The van der Waals surface area contributed by atoms with Gasteiger partial charge in [-0.2, -0.15) is 0 Å². The van der Waals surface area contributed by atoms with Crippen LogP contribution in [0.4, 0.5) is 0 Å². The molecule has 0 spiro atoms. The lowest BCUT2D eigenvalue weighted by atomic mass is 10.0. The van der Waals surface area contributed by atoms with E-state index >= 15 is 0 Å². The minimum atomic E-state index is -0.117. The van der Waals surface area contributed by atoms with Gasteiger partial charge in [-0.3, -0.25) is 9.36 Å². The molecular weight excluding hydrogens is 300 g/mol. The minimum absolute atomic E-state index is 0.0336.